The lowest BCUT2D eigenvalue weighted by atomic mass is 9.81. The van der Waals surface area contributed by atoms with Gasteiger partial charge in [0.2, 0.25) is 17.7 Å². The maximum absolute atomic E-state index is 14.3. The third kappa shape index (κ3) is 13.8. The molecule has 0 radical (unpaired) electrons. The summed E-state index contributed by atoms with van der Waals surface area (Å²) in [5.74, 6) is -1.35. The van der Waals surface area contributed by atoms with Gasteiger partial charge in [0.05, 0.1) is 24.3 Å². The Morgan fingerprint density at radius 3 is 2.29 bits per heavy atom. The highest BCUT2D eigenvalue weighted by molar-refractivity contribution is 8.14. The van der Waals surface area contributed by atoms with Crippen molar-refractivity contribution in [2.45, 2.75) is 150 Å². The zero-order chi connectivity index (χ0) is 41.7. The Hall–Kier alpha value is -3.65. The predicted molar refractivity (Wildman–Crippen MR) is 220 cm³/mol. The molecule has 5 amide bonds. The second-order valence-electron chi connectivity index (χ2n) is 16.8. The van der Waals surface area contributed by atoms with Crippen molar-refractivity contribution in [3.63, 3.8) is 0 Å². The average molecular weight is 802 g/mol. The van der Waals surface area contributed by atoms with Crippen molar-refractivity contribution in [3.8, 4) is 5.75 Å². The SMILES string of the molecule is CCCCN1C(=O)O[C@H](C(C)(C)C)C[C@@H](C)C[C@H](O)[C@H](C)C2=N[C@H](CCC(=O)N[C@@H](Cc3ccc(OC)cc3)C(=O)N[C@@H](C)C(=O)N[C@@H]([C@@H](C)CC)C1=O)CS2. The van der Waals surface area contributed by atoms with E-state index in [2.05, 4.69) is 16.0 Å². The van der Waals surface area contributed by atoms with E-state index in [1.165, 1.54) is 6.92 Å². The standard InChI is InChI=1S/C42H67N5O8S/c1-11-13-20-47-40(52)36(26(4)12-2)46-37(50)28(6)43-38(51)32(23-29-14-17-31(54-10)18-15-29)45-35(49)19-16-30-24-56-39(44-30)27(5)33(48)21-25(3)22-34(42(7,8)9)55-41(47)53/h14-15,17-18,25-28,30,32-34,36,48H,11-13,16,19-24H2,1-10H3,(H,43,51)(H,45,49)(H,46,50)/t25-,26-,27-,28-,30+,32-,33-,34-,36-/m0/s1. The molecule has 2 bridgehead atoms. The smallest absolute Gasteiger partial charge is 0.416 e. The van der Waals surface area contributed by atoms with E-state index in [4.69, 9.17) is 14.5 Å². The van der Waals surface area contributed by atoms with Gasteiger partial charge in [-0.1, -0.05) is 80.4 Å². The number of cyclic esters (lactones) is 1. The molecule has 2 aliphatic rings. The third-order valence-corrected chi connectivity index (χ3v) is 12.2. The molecule has 2 heterocycles. The van der Waals surface area contributed by atoms with Gasteiger partial charge in [-0.05, 0) is 67.6 Å². The van der Waals surface area contributed by atoms with Crippen LogP contribution in [0.3, 0.4) is 0 Å². The number of unbranched alkanes of at least 4 members (excludes halogenated alkanes) is 1. The van der Waals surface area contributed by atoms with Crippen LogP contribution in [0.2, 0.25) is 0 Å². The van der Waals surface area contributed by atoms with Crippen LogP contribution in [0.4, 0.5) is 4.79 Å². The molecule has 0 aromatic heterocycles. The van der Waals surface area contributed by atoms with Crippen LogP contribution in [0, 0.1) is 23.2 Å². The van der Waals surface area contributed by atoms with Gasteiger partial charge < -0.3 is 30.5 Å². The van der Waals surface area contributed by atoms with E-state index in [1.807, 2.05) is 67.5 Å². The number of aliphatic hydroxyl groups excluding tert-OH is 1. The molecule has 0 fully saturated rings. The summed E-state index contributed by atoms with van der Waals surface area (Å²) in [5.41, 5.74) is 0.300. The largest absolute Gasteiger partial charge is 0.497 e. The summed E-state index contributed by atoms with van der Waals surface area (Å²) in [6.07, 6.45) is 1.43. The molecule has 56 heavy (non-hydrogen) atoms. The Labute approximate surface area is 338 Å². The molecule has 0 saturated carbocycles. The van der Waals surface area contributed by atoms with Gasteiger partial charge >= 0.3 is 6.09 Å². The zero-order valence-electron chi connectivity index (χ0n) is 35.2. The van der Waals surface area contributed by atoms with Gasteiger partial charge in [0.25, 0.3) is 5.91 Å². The number of benzene rings is 1. The zero-order valence-corrected chi connectivity index (χ0v) is 36.0. The van der Waals surface area contributed by atoms with Crippen molar-refractivity contribution in [1.29, 1.82) is 0 Å². The summed E-state index contributed by atoms with van der Waals surface area (Å²) in [7, 11) is 1.56. The van der Waals surface area contributed by atoms with Crippen LogP contribution in [0.5, 0.6) is 5.75 Å². The number of rotatable bonds is 8. The van der Waals surface area contributed by atoms with Crippen LogP contribution in [0.25, 0.3) is 0 Å². The van der Waals surface area contributed by atoms with Crippen LogP contribution in [0.15, 0.2) is 29.3 Å². The fourth-order valence-corrected chi connectivity index (χ4v) is 7.97. The molecule has 9 atom stereocenters. The van der Waals surface area contributed by atoms with Gasteiger partial charge in [-0.3, -0.25) is 24.2 Å². The minimum atomic E-state index is -1.08. The topological polar surface area (TPSA) is 176 Å². The molecule has 314 valence electrons. The van der Waals surface area contributed by atoms with Crippen LogP contribution < -0.4 is 20.7 Å². The van der Waals surface area contributed by atoms with Crippen LogP contribution in [-0.4, -0.2) is 101 Å². The molecule has 0 spiro atoms. The summed E-state index contributed by atoms with van der Waals surface area (Å²) in [4.78, 5) is 75.2. The van der Waals surface area contributed by atoms with E-state index < -0.39 is 59.6 Å². The summed E-state index contributed by atoms with van der Waals surface area (Å²) >= 11 is 1.59. The lowest BCUT2D eigenvalue weighted by Gasteiger charge is -2.36. The normalized spacial score (nSPS) is 28.9. The van der Waals surface area contributed by atoms with Crippen molar-refractivity contribution < 1.29 is 38.6 Å². The second kappa shape index (κ2) is 21.8. The third-order valence-electron chi connectivity index (χ3n) is 10.9. The van der Waals surface area contributed by atoms with Gasteiger partial charge in [0, 0.05) is 31.1 Å². The molecule has 14 heteroatoms. The first kappa shape index (κ1) is 46.7. The lowest BCUT2D eigenvalue weighted by molar-refractivity contribution is -0.138. The fourth-order valence-electron chi connectivity index (χ4n) is 6.73. The number of imide groups is 1. The van der Waals surface area contributed by atoms with E-state index in [0.717, 1.165) is 21.9 Å². The maximum atomic E-state index is 14.3. The number of aliphatic hydroxyl groups is 1. The van der Waals surface area contributed by atoms with Crippen molar-refractivity contribution in [2.24, 2.45) is 28.2 Å². The first-order valence-corrected chi connectivity index (χ1v) is 21.3. The molecule has 4 N–H and O–H groups in total. The summed E-state index contributed by atoms with van der Waals surface area (Å²) in [5, 5.41) is 20.6. The number of ether oxygens (including phenoxy) is 2. The number of methoxy groups -OCH3 is 1. The summed E-state index contributed by atoms with van der Waals surface area (Å²) in [6, 6.07) is 3.89. The Morgan fingerprint density at radius 1 is 1.00 bits per heavy atom. The molecule has 1 aromatic carbocycles. The van der Waals surface area contributed by atoms with E-state index >= 15 is 0 Å². The Balaban J connectivity index is 2.00. The molecule has 0 saturated heterocycles. The molecule has 2 aliphatic heterocycles. The van der Waals surface area contributed by atoms with Crippen molar-refractivity contribution >= 4 is 46.5 Å². The van der Waals surface area contributed by atoms with E-state index in [0.29, 0.717) is 43.6 Å². The second-order valence-corrected chi connectivity index (χ2v) is 17.8. The average Bonchev–Trinajstić information content (AvgIpc) is 3.63. The predicted octanol–water partition coefficient (Wildman–Crippen LogP) is 5.66. The number of hydrogen-bond acceptors (Lipinski definition) is 10. The number of nitrogens with one attached hydrogen (secondary N) is 3. The van der Waals surface area contributed by atoms with Crippen LogP contribution >= 0.6 is 11.8 Å². The quantitative estimate of drug-likeness (QED) is 0.259. The number of thioether (sulfide) groups is 1. The highest BCUT2D eigenvalue weighted by Gasteiger charge is 2.39. The number of hydrogen-bond donors (Lipinski definition) is 4. The molecule has 13 nitrogen and oxygen atoms in total. The van der Waals surface area contributed by atoms with Gasteiger partial charge in [-0.15, -0.1) is 11.8 Å². The summed E-state index contributed by atoms with van der Waals surface area (Å²) < 4.78 is 11.4. The highest BCUT2D eigenvalue weighted by Crippen LogP contribution is 2.33. The monoisotopic (exact) mass is 801 g/mol. The van der Waals surface area contributed by atoms with Crippen LogP contribution in [0.1, 0.15) is 113 Å². The molecule has 3 rings (SSSR count). The molecular formula is C42H67N5O8S. The minimum Gasteiger partial charge on any atom is -0.497 e. The minimum absolute atomic E-state index is 0.0315. The van der Waals surface area contributed by atoms with Gasteiger partial charge in [-0.2, -0.15) is 0 Å². The van der Waals surface area contributed by atoms with E-state index in [-0.39, 0.29) is 49.1 Å². The Kier molecular flexibility index (Phi) is 18.2. The number of fused-ring (bicyclic) bond motifs is 1. The Morgan fingerprint density at radius 2 is 1.68 bits per heavy atom. The molecule has 0 aliphatic carbocycles. The van der Waals surface area contributed by atoms with E-state index in [9.17, 15) is 29.1 Å². The number of carbonyl (C=O) groups excluding carboxylic acids is 5. The van der Waals surface area contributed by atoms with Crippen LogP contribution in [-0.2, 0) is 30.3 Å². The van der Waals surface area contributed by atoms with Crippen molar-refractivity contribution in [2.75, 3.05) is 19.4 Å². The van der Waals surface area contributed by atoms with Crippen molar-refractivity contribution in [1.82, 2.24) is 20.9 Å². The Bertz CT molecular complexity index is 1510. The molecule has 1 aromatic rings. The fraction of sp³-hybridized carbons (Fsp3) is 0.714. The highest BCUT2D eigenvalue weighted by atomic mass is 32.2. The number of carbonyl (C=O) groups is 5. The number of aliphatic imine (C=N–C) groups is 1. The maximum Gasteiger partial charge on any atom is 0.416 e. The molecular weight excluding hydrogens is 735 g/mol. The van der Waals surface area contributed by atoms with E-state index in [1.54, 1.807) is 31.0 Å². The number of amides is 5. The van der Waals surface area contributed by atoms with Gasteiger partial charge in [0.15, 0.2) is 0 Å². The summed E-state index contributed by atoms with van der Waals surface area (Å²) in [6.45, 7) is 17.2. The van der Waals surface area contributed by atoms with Gasteiger partial charge in [0.1, 0.15) is 30.0 Å². The lowest BCUT2D eigenvalue weighted by Crippen LogP contribution is -2.58. The number of nitrogens with zero attached hydrogens (tertiary/aromatic N) is 2. The first-order chi connectivity index (χ1) is 26.4. The first-order valence-electron chi connectivity index (χ1n) is 20.3. The van der Waals surface area contributed by atoms with Crippen molar-refractivity contribution in [3.05, 3.63) is 29.8 Å². The van der Waals surface area contributed by atoms with Gasteiger partial charge in [-0.25, -0.2) is 9.69 Å². The molecule has 0 unspecified atom stereocenters.